The van der Waals surface area contributed by atoms with Gasteiger partial charge in [-0.2, -0.15) is 5.26 Å². The third kappa shape index (κ3) is 23.4. The van der Waals surface area contributed by atoms with Crippen LogP contribution < -0.4 is 0 Å². The molecule has 0 aliphatic carbocycles. The van der Waals surface area contributed by atoms with E-state index in [1.165, 1.54) is 95.8 Å². The molecular weight excluding hydrogens is 1700 g/mol. The fraction of sp³-hybridized carbons (Fsp3) is 0.152. The first-order chi connectivity index (χ1) is 50.2. The quantitative estimate of drug-likeness (QED) is 0.0775. The number of carboxylic acids is 1. The number of aliphatic hydroxyl groups excluding tert-OH is 1. The van der Waals surface area contributed by atoms with E-state index in [-0.39, 0.29) is 29.9 Å². The maximum absolute atomic E-state index is 12.8. The summed E-state index contributed by atoms with van der Waals surface area (Å²) < 4.78 is 30.4. The topological polar surface area (TPSA) is 151 Å². The van der Waals surface area contributed by atoms with Gasteiger partial charge in [0, 0.05) is 85.0 Å². The van der Waals surface area contributed by atoms with Crippen molar-refractivity contribution in [1.29, 1.82) is 5.26 Å². The molecule has 15 rings (SSSR count). The Morgan fingerprint density at radius 2 is 0.857 bits per heavy atom. The third-order valence-electron chi connectivity index (χ3n) is 15.3. The highest BCUT2D eigenvalue weighted by Gasteiger charge is 2.18. The lowest BCUT2D eigenvalue weighted by molar-refractivity contribution is -0.139. The number of alkyl halides is 1. The number of ether oxygens (including phenoxy) is 2. The smallest absolute Gasteiger partial charge is 0.348 e. The fourth-order valence-electron chi connectivity index (χ4n) is 10.1. The average Bonchev–Trinajstić information content (AvgIpc) is 1.65. The highest BCUT2D eigenvalue weighted by atomic mass is 79.9. The van der Waals surface area contributed by atoms with Crippen molar-refractivity contribution in [2.75, 3.05) is 20.3 Å². The van der Waals surface area contributed by atoms with Crippen LogP contribution in [0, 0.1) is 37.9 Å². The number of aliphatic hydroxyl groups is 1. The van der Waals surface area contributed by atoms with E-state index in [1.807, 2.05) is 128 Å². The predicted octanol–water partition coefficient (Wildman–Crippen LogP) is 28.6. The van der Waals surface area contributed by atoms with Gasteiger partial charge in [0.05, 0.1) is 38.2 Å². The number of carbonyl (C=O) groups excluding carboxylic acids is 3. The Morgan fingerprint density at radius 3 is 1.29 bits per heavy atom. The predicted molar refractivity (Wildman–Crippen MR) is 455 cm³/mol. The van der Waals surface area contributed by atoms with Crippen LogP contribution in [0.15, 0.2) is 172 Å². The minimum absolute atomic E-state index is 0.0781. The van der Waals surface area contributed by atoms with Crippen LogP contribution in [0.2, 0.25) is 40.2 Å². The molecule has 0 bridgehead atoms. The van der Waals surface area contributed by atoms with E-state index in [0.717, 1.165) is 101 Å². The summed E-state index contributed by atoms with van der Waals surface area (Å²) in [6.45, 7) is 9.58. The number of methoxy groups -OCH3 is 1. The number of nitrogens with zero attached hydrogens (tertiary/aromatic N) is 1. The van der Waals surface area contributed by atoms with E-state index >= 15 is 0 Å². The Labute approximate surface area is 682 Å². The standard InChI is InChI=1S/C12H11ClO2S.C11H9ClO2S.C10H6ClNS.C10H7ClO2S.C10H9ClOS.C9H6BrClS.C9H7ClS.C8H6ClFO/c1-3-15-12(14)11-7(2)9-5-4-8(13)6-10(9)16-11;1-14-11(13)4-7-6-15-10-5-8(12)2-3-9(7)10;11-8-1-2-9-7(3-4-12)6-13-10(9)5-8;1-5-7-3-2-6(11)4-8(7)14-9(5)10(12)13;11-8-1-2-9-7(3-4-12)6-13-10(9)5-8;10-4-6-5-12-9-3-7(11)1-2-8(6)9;1-6-5-11-9-4-7(10)2-3-8(6)9;1-5(11)7-3-2-6(9)4-8(7)10/h4-6H,3H2,1-2H3;2-3,5-6H,4H2,1H3;1-2,5-6H,3H2;2-4H,1H3,(H,12,13);1-2,5-6,12H,3-4H2;1-3,5H,4H2;2-5H,1H3;2-4H,1H3. The van der Waals surface area contributed by atoms with E-state index in [9.17, 15) is 23.6 Å². The second-order valence-corrected chi connectivity index (χ2v) is 33.2. The van der Waals surface area contributed by atoms with Crippen LogP contribution in [0.3, 0.4) is 0 Å². The van der Waals surface area contributed by atoms with Crippen LogP contribution in [0.5, 0.6) is 0 Å². The average molecular weight is 1760 g/mol. The minimum atomic E-state index is -0.875. The van der Waals surface area contributed by atoms with Crippen molar-refractivity contribution in [3.05, 3.63) is 273 Å². The summed E-state index contributed by atoms with van der Waals surface area (Å²) in [4.78, 5) is 45.4. The van der Waals surface area contributed by atoms with E-state index in [2.05, 4.69) is 61.9 Å². The van der Waals surface area contributed by atoms with Gasteiger partial charge in [0.25, 0.3) is 0 Å². The molecule has 7 aromatic heterocycles. The van der Waals surface area contributed by atoms with Crippen LogP contribution in [-0.2, 0) is 38.9 Å². The highest BCUT2D eigenvalue weighted by molar-refractivity contribution is 9.08. The van der Waals surface area contributed by atoms with Gasteiger partial charge in [0.1, 0.15) is 15.6 Å². The number of carbonyl (C=O) groups is 4. The van der Waals surface area contributed by atoms with Gasteiger partial charge in [-0.3, -0.25) is 9.59 Å². The SMILES string of the molecule is CC(=O)c1ccc(Cl)cc1F.CCOC(=O)c1sc2cc(Cl)ccc2c1C.COC(=O)Cc1csc2cc(Cl)ccc12.Cc1c(C(=O)O)sc2cc(Cl)ccc12.Cc1csc2cc(Cl)ccc12.Clc1ccc2c(CBr)csc2c1.N#CCc1csc2cc(Cl)ccc12.OCCc1csc2cc(Cl)ccc12. The van der Waals surface area contributed by atoms with Gasteiger partial charge in [-0.05, 0) is 248 Å². The molecule has 0 amide bonds. The molecule has 26 heteroatoms. The van der Waals surface area contributed by atoms with Crippen molar-refractivity contribution < 1.29 is 43.3 Å². The highest BCUT2D eigenvalue weighted by Crippen LogP contribution is 2.37. The number of hydrogen-bond acceptors (Lipinski definition) is 15. The van der Waals surface area contributed by atoms with Gasteiger partial charge in [-0.25, -0.2) is 14.0 Å². The summed E-state index contributed by atoms with van der Waals surface area (Å²) in [5.41, 5.74) is 7.84. The summed E-state index contributed by atoms with van der Waals surface area (Å²) in [6, 6.07) is 46.5. The molecule has 105 heavy (non-hydrogen) atoms. The van der Waals surface area contributed by atoms with Crippen molar-refractivity contribution >= 4 is 282 Å². The first-order valence-electron chi connectivity index (χ1n) is 31.3. The van der Waals surface area contributed by atoms with Gasteiger partial charge < -0.3 is 19.7 Å². The number of ketones is 1. The van der Waals surface area contributed by atoms with Gasteiger partial charge in [0.15, 0.2) is 5.78 Å². The summed E-state index contributed by atoms with van der Waals surface area (Å²) in [5.74, 6) is -2.20. The Hall–Kier alpha value is -6.26. The zero-order chi connectivity index (χ0) is 76.2. The van der Waals surface area contributed by atoms with E-state index < -0.39 is 11.8 Å². The molecule has 0 aliphatic heterocycles. The van der Waals surface area contributed by atoms with Crippen LogP contribution in [0.1, 0.15) is 82.5 Å². The number of benzene rings is 8. The maximum Gasteiger partial charge on any atom is 0.348 e. The van der Waals surface area contributed by atoms with Crippen molar-refractivity contribution in [2.24, 2.45) is 0 Å². The molecule has 0 saturated heterocycles. The first-order valence-corrected chi connectivity index (χ1v) is 41.5. The molecule has 0 fully saturated rings. The lowest BCUT2D eigenvalue weighted by Crippen LogP contribution is -2.03. The molecule has 0 unspecified atom stereocenters. The molecule has 0 aliphatic rings. The van der Waals surface area contributed by atoms with Gasteiger partial charge in [-0.15, -0.1) is 79.4 Å². The molecule has 0 atom stereocenters. The van der Waals surface area contributed by atoms with E-state index in [1.54, 1.807) is 75.7 Å². The van der Waals surface area contributed by atoms with Crippen molar-refractivity contribution in [3.8, 4) is 6.07 Å². The minimum Gasteiger partial charge on any atom is -0.477 e. The van der Waals surface area contributed by atoms with Crippen molar-refractivity contribution in [1.82, 2.24) is 0 Å². The molecule has 15 aromatic rings. The number of aromatic carboxylic acids is 1. The summed E-state index contributed by atoms with van der Waals surface area (Å²) in [6.07, 6.45) is 1.52. The maximum atomic E-state index is 12.8. The largest absolute Gasteiger partial charge is 0.477 e. The molecule has 0 spiro atoms. The zero-order valence-corrected chi connectivity index (χ0v) is 69.8. The molecular formula is C79H61BrCl8FNO8S7. The molecule has 7 heterocycles. The van der Waals surface area contributed by atoms with Crippen molar-refractivity contribution in [2.45, 2.75) is 59.2 Å². The second-order valence-electron chi connectivity index (χ2n) is 22.5. The monoisotopic (exact) mass is 1750 g/mol. The zero-order valence-electron chi connectivity index (χ0n) is 56.4. The molecule has 2 N–H and O–H groups in total. The van der Waals surface area contributed by atoms with Gasteiger partial charge >= 0.3 is 17.9 Å². The number of halogens is 10. The Bertz CT molecular complexity index is 5620. The Kier molecular flexibility index (Phi) is 32.8. The second kappa shape index (κ2) is 40.8. The Balaban J connectivity index is 0.000000152. The van der Waals surface area contributed by atoms with Gasteiger partial charge in [-0.1, -0.05) is 151 Å². The van der Waals surface area contributed by atoms with Crippen LogP contribution in [0.4, 0.5) is 4.39 Å². The fourth-order valence-corrected chi connectivity index (χ4v) is 19.9. The summed E-state index contributed by atoms with van der Waals surface area (Å²) in [7, 11) is 1.40. The number of Topliss-reactive ketones (excluding diaryl/α,β-unsaturated/α-hetero) is 1. The number of hydrogen-bond donors (Lipinski definition) is 2. The van der Waals surface area contributed by atoms with Crippen LogP contribution in [-0.4, -0.2) is 54.2 Å². The summed E-state index contributed by atoms with van der Waals surface area (Å²) >= 11 is 61.0. The van der Waals surface area contributed by atoms with Crippen LogP contribution in [0.25, 0.3) is 70.6 Å². The van der Waals surface area contributed by atoms with E-state index in [4.69, 9.17) is 113 Å². The number of aryl methyl sites for hydroxylation is 3. The molecule has 8 aromatic carbocycles. The molecule has 0 saturated carbocycles. The van der Waals surface area contributed by atoms with Crippen molar-refractivity contribution in [3.63, 3.8) is 0 Å². The number of esters is 2. The summed E-state index contributed by atoms with van der Waals surface area (Å²) in [5, 5.41) is 51.2. The number of carboxylic acid groups (broad SMARTS) is 1. The molecule has 542 valence electrons. The molecule has 9 nitrogen and oxygen atoms in total. The third-order valence-corrected chi connectivity index (χ3v) is 25.3. The lowest BCUT2D eigenvalue weighted by Gasteiger charge is -1.99. The van der Waals surface area contributed by atoms with E-state index in [0.29, 0.717) is 49.3 Å². The first kappa shape index (κ1) is 84.4. The lowest BCUT2D eigenvalue weighted by atomic mass is 10.1. The van der Waals surface area contributed by atoms with Crippen LogP contribution >= 0.6 is 188 Å². The number of rotatable bonds is 10. The normalized spacial score (nSPS) is 10.6. The number of fused-ring (bicyclic) bond motifs is 7. The number of nitriles is 1. The Morgan fingerprint density at radius 1 is 0.495 bits per heavy atom. The molecule has 0 radical (unpaired) electrons. The number of thiophene rings is 7. The van der Waals surface area contributed by atoms with Gasteiger partial charge in [0.2, 0.25) is 0 Å².